The van der Waals surface area contributed by atoms with Crippen LogP contribution in [0.3, 0.4) is 0 Å². The second-order valence-corrected chi connectivity index (χ2v) is 0. The molecule has 4 heteroatoms. The monoisotopic (exact) mass is 392 g/mol. The van der Waals surface area contributed by atoms with Gasteiger partial charge in [-0.25, -0.2) is 0 Å². The van der Waals surface area contributed by atoms with Crippen molar-refractivity contribution in [2.24, 2.45) is 0 Å². The second-order valence-electron chi connectivity index (χ2n) is 0. The number of hydrogen-bond acceptors (Lipinski definition) is 1. The van der Waals surface area contributed by atoms with E-state index < -0.39 is 0 Å². The predicted octanol–water partition coefficient (Wildman–Crippen LogP) is -0.273. The summed E-state index contributed by atoms with van der Waals surface area (Å²) in [4.78, 5) is 0. The molecular weight excluding hydrogens is 384 g/mol. The Morgan fingerprint density at radius 3 is 1.25 bits per heavy atom. The molecule has 18 valence electrons. The van der Waals surface area contributed by atoms with Gasteiger partial charge in [-0.15, -0.1) is 0 Å². The summed E-state index contributed by atoms with van der Waals surface area (Å²) in [5.74, 6) is 0. The summed E-state index contributed by atoms with van der Waals surface area (Å²) in [6.45, 7) is 0. The summed E-state index contributed by atoms with van der Waals surface area (Å²) in [6, 6.07) is 0. The Bertz CT molecular complexity index is 6.00. The van der Waals surface area contributed by atoms with Crippen LogP contribution in [0.2, 0.25) is 0 Å². The van der Waals surface area contributed by atoms with Crippen LogP contribution in [0.25, 0.3) is 0 Å². The Morgan fingerprint density at radius 2 is 1.25 bits per heavy atom. The first kappa shape index (κ1) is 15.8. The van der Waals surface area contributed by atoms with Gasteiger partial charge in [-0.3, -0.25) is 0 Å². The van der Waals surface area contributed by atoms with Crippen molar-refractivity contribution in [3.05, 3.63) is 0 Å². The van der Waals surface area contributed by atoms with Crippen LogP contribution in [0.15, 0.2) is 0 Å². The molecule has 0 spiro atoms. The second kappa shape index (κ2) is 16.9. The number of hydrogen-bond donors (Lipinski definition) is 0. The van der Waals surface area contributed by atoms with Crippen LogP contribution in [0.5, 0.6) is 0 Å². The molecule has 0 aromatic rings. The Kier molecular flexibility index (Phi) is 66.9. The van der Waals surface area contributed by atoms with E-state index in [-0.39, 0.29) is 51.0 Å². The normalized spacial score (nSPS) is 1.50. The molecule has 0 rings (SSSR count). The Morgan fingerprint density at radius 1 is 1.25 bits per heavy atom. The topological polar surface area (TPSA) is 0 Å². The first-order chi connectivity index (χ1) is 1.00. The molecule has 0 atom stereocenters. The molecule has 0 aromatic carbocycles. The average Bonchev–Trinajstić information content (AvgIpc) is 1.00. The zero-order chi connectivity index (χ0) is 2.00. The van der Waals surface area contributed by atoms with E-state index in [0.717, 1.165) is 23.7 Å². The van der Waals surface area contributed by atoms with Gasteiger partial charge in [0.1, 0.15) is 0 Å². The van der Waals surface area contributed by atoms with Crippen molar-refractivity contribution in [3.63, 3.8) is 0 Å². The first-order valence-electron chi connectivity index (χ1n) is 0.289. The fraction of sp³-hybridized carbons (Fsp3) is 0. The first-order valence-corrected chi connectivity index (χ1v) is 5.81. The van der Waals surface area contributed by atoms with E-state index >= 15 is 0 Å². The van der Waals surface area contributed by atoms with Crippen molar-refractivity contribution < 1.29 is 51.0 Å². The Labute approximate surface area is 81.5 Å². The van der Waals surface area contributed by atoms with Gasteiger partial charge in [-0.05, 0) is 0 Å². The molecule has 0 fully saturated rings. The van der Waals surface area contributed by atoms with Gasteiger partial charge in [0.25, 0.3) is 0 Å². The fourth-order valence-electron chi connectivity index (χ4n) is 0. The van der Waals surface area contributed by atoms with Gasteiger partial charge in [-0.2, -0.15) is 0 Å². The minimum atomic E-state index is 0. The molecule has 0 amide bonds. The van der Waals surface area contributed by atoms with Crippen molar-refractivity contribution in [3.8, 4) is 0 Å². The maximum absolute atomic E-state index is 4.25. The van der Waals surface area contributed by atoms with Crippen LogP contribution < -0.4 is 0 Å². The SMILES string of the molecule is [Cd].[S]=[Cd].[TeH2]. The molecule has 0 saturated heterocycles. The summed E-state index contributed by atoms with van der Waals surface area (Å²) in [7, 11) is 4.25. The summed E-state index contributed by atoms with van der Waals surface area (Å²) in [5.41, 5.74) is 0. The fourth-order valence-corrected chi connectivity index (χ4v) is 0. The molecule has 0 saturated carbocycles. The van der Waals surface area contributed by atoms with Crippen LogP contribution >= 0.6 is 8.65 Å². The van der Waals surface area contributed by atoms with Crippen molar-refractivity contribution >= 4 is 32.3 Å². The van der Waals surface area contributed by atoms with E-state index in [9.17, 15) is 0 Å². The van der Waals surface area contributed by atoms with Gasteiger partial charge < -0.3 is 0 Å². The van der Waals surface area contributed by atoms with Gasteiger partial charge in [-0.1, -0.05) is 0 Å². The van der Waals surface area contributed by atoms with E-state index in [2.05, 4.69) is 8.65 Å². The molecule has 0 radical (unpaired) electrons. The number of rotatable bonds is 0. The third kappa shape index (κ3) is 8.85. The summed E-state index contributed by atoms with van der Waals surface area (Å²) in [6.07, 6.45) is 0. The predicted molar refractivity (Wildman–Crippen MR) is 16.1 cm³/mol. The average molecular weight is 387 g/mol. The van der Waals surface area contributed by atoms with Gasteiger partial charge >= 0.3 is 56.0 Å². The Hall–Kier alpha value is 2.85. The molecule has 0 heterocycles. The van der Waals surface area contributed by atoms with Gasteiger partial charge in [0.05, 0.1) is 0 Å². The molecule has 0 aliphatic heterocycles. The van der Waals surface area contributed by atoms with Crippen molar-refractivity contribution in [2.75, 3.05) is 0 Å². The van der Waals surface area contributed by atoms with Crippen LogP contribution in [-0.4, -0.2) is 23.7 Å². The third-order valence-electron chi connectivity index (χ3n) is 0. The van der Waals surface area contributed by atoms with Gasteiger partial charge in [0.2, 0.25) is 0 Å². The van der Waals surface area contributed by atoms with Crippen molar-refractivity contribution in [1.29, 1.82) is 0 Å². The maximum atomic E-state index is 4.25. The molecule has 0 aliphatic rings. The summed E-state index contributed by atoms with van der Waals surface area (Å²) in [5, 5.41) is 0. The minimum absolute atomic E-state index is 0. The van der Waals surface area contributed by atoms with Crippen molar-refractivity contribution in [2.45, 2.75) is 0 Å². The zero-order valence-electron chi connectivity index (χ0n) is 2.32. The van der Waals surface area contributed by atoms with Gasteiger partial charge in [0, 0.05) is 27.3 Å². The van der Waals surface area contributed by atoms with Crippen LogP contribution in [0.1, 0.15) is 0 Å². The quantitative estimate of drug-likeness (QED) is 0.517. The molecule has 0 aromatic heterocycles. The molecular formula is H2Cd2STe. The summed E-state index contributed by atoms with van der Waals surface area (Å²) >= 11 is 0.733. The van der Waals surface area contributed by atoms with Gasteiger partial charge in [0.15, 0.2) is 0 Å². The molecule has 0 aliphatic carbocycles. The van der Waals surface area contributed by atoms with E-state index in [1.54, 1.807) is 0 Å². The van der Waals surface area contributed by atoms with Crippen LogP contribution in [0, 0.1) is 0 Å². The Balaban J connectivity index is -0.00000000500. The molecule has 0 bridgehead atoms. The van der Waals surface area contributed by atoms with Crippen molar-refractivity contribution in [1.82, 2.24) is 0 Å². The standard InChI is InChI=1S/2Cd.S.H2Te/h;;;1H2. The molecule has 0 unspecified atom stereocenters. The molecule has 0 N–H and O–H groups in total. The van der Waals surface area contributed by atoms with Crippen LogP contribution in [-0.2, 0) is 51.0 Å². The molecule has 4 heavy (non-hydrogen) atoms. The third-order valence-corrected chi connectivity index (χ3v) is 0. The zero-order valence-corrected chi connectivity index (χ0v) is 14.1. The summed E-state index contributed by atoms with van der Waals surface area (Å²) < 4.78 is 0. The van der Waals surface area contributed by atoms with E-state index in [1.165, 1.54) is 0 Å². The molecule has 0 nitrogen and oxygen atoms in total. The van der Waals surface area contributed by atoms with E-state index in [4.69, 9.17) is 0 Å². The van der Waals surface area contributed by atoms with E-state index in [0.29, 0.717) is 0 Å². The van der Waals surface area contributed by atoms with Crippen LogP contribution in [0.4, 0.5) is 0 Å². The van der Waals surface area contributed by atoms with E-state index in [1.807, 2.05) is 0 Å².